The lowest BCUT2D eigenvalue weighted by molar-refractivity contribution is 0.358. The molecule has 2 aliphatic heterocycles. The molecular weight excluding hydrogens is 290 g/mol. The van der Waals surface area contributed by atoms with Gasteiger partial charge in [-0.1, -0.05) is 0 Å². The Labute approximate surface area is 125 Å². The first-order valence-electron chi connectivity index (χ1n) is 7.28. The summed E-state index contributed by atoms with van der Waals surface area (Å²) in [6, 6.07) is 5.62. The van der Waals surface area contributed by atoms with Crippen molar-refractivity contribution in [3.63, 3.8) is 0 Å². The molecule has 0 amide bonds. The number of anilines is 1. The number of nitrogens with zero attached hydrogens (tertiary/aromatic N) is 2. The van der Waals surface area contributed by atoms with Gasteiger partial charge in [-0.05, 0) is 36.6 Å². The SMILES string of the molecule is COc1ccc2c(c1)CCCN2S(=O)(=O)N1CCNCC1. The molecule has 6 nitrogen and oxygen atoms in total. The largest absolute Gasteiger partial charge is 0.497 e. The number of piperazine rings is 1. The first-order valence-corrected chi connectivity index (χ1v) is 8.68. The molecule has 7 heteroatoms. The molecule has 21 heavy (non-hydrogen) atoms. The minimum absolute atomic E-state index is 0.532. The molecule has 0 radical (unpaired) electrons. The van der Waals surface area contributed by atoms with Crippen molar-refractivity contribution >= 4 is 15.9 Å². The van der Waals surface area contributed by atoms with E-state index in [2.05, 4.69) is 5.32 Å². The van der Waals surface area contributed by atoms with E-state index in [4.69, 9.17) is 4.74 Å². The van der Waals surface area contributed by atoms with Gasteiger partial charge in [0.25, 0.3) is 0 Å². The fourth-order valence-corrected chi connectivity index (χ4v) is 4.63. The molecule has 1 fully saturated rings. The Morgan fingerprint density at radius 2 is 1.95 bits per heavy atom. The monoisotopic (exact) mass is 311 g/mol. The summed E-state index contributed by atoms with van der Waals surface area (Å²) in [5.74, 6) is 0.773. The molecule has 1 saturated heterocycles. The number of methoxy groups -OCH3 is 1. The molecule has 1 aromatic rings. The molecule has 0 aromatic heterocycles. The molecule has 2 aliphatic rings. The Hall–Kier alpha value is -1.31. The first-order chi connectivity index (χ1) is 10.1. The van der Waals surface area contributed by atoms with E-state index < -0.39 is 10.2 Å². The number of fused-ring (bicyclic) bond motifs is 1. The lowest BCUT2D eigenvalue weighted by Gasteiger charge is -2.36. The van der Waals surface area contributed by atoms with Gasteiger partial charge >= 0.3 is 10.2 Å². The zero-order chi connectivity index (χ0) is 14.9. The number of aryl methyl sites for hydroxylation is 1. The maximum atomic E-state index is 12.9. The third-order valence-electron chi connectivity index (χ3n) is 4.04. The molecule has 2 heterocycles. The third kappa shape index (κ3) is 2.73. The van der Waals surface area contributed by atoms with Crippen LogP contribution >= 0.6 is 0 Å². The van der Waals surface area contributed by atoms with Crippen molar-refractivity contribution in [2.75, 3.05) is 44.1 Å². The summed E-state index contributed by atoms with van der Waals surface area (Å²) in [6.07, 6.45) is 1.73. The van der Waals surface area contributed by atoms with Crippen LogP contribution in [-0.4, -0.2) is 52.6 Å². The zero-order valence-electron chi connectivity index (χ0n) is 12.2. The molecule has 0 unspecified atom stereocenters. The molecule has 116 valence electrons. The summed E-state index contributed by atoms with van der Waals surface area (Å²) in [4.78, 5) is 0. The van der Waals surface area contributed by atoms with E-state index in [0.29, 0.717) is 32.7 Å². The first kappa shape index (κ1) is 14.6. The molecule has 0 atom stereocenters. The van der Waals surface area contributed by atoms with Crippen LogP contribution in [0.1, 0.15) is 12.0 Å². The molecule has 0 spiro atoms. The highest BCUT2D eigenvalue weighted by Gasteiger charge is 2.33. The number of nitrogens with one attached hydrogen (secondary N) is 1. The van der Waals surface area contributed by atoms with E-state index in [-0.39, 0.29) is 0 Å². The Morgan fingerprint density at radius 3 is 2.67 bits per heavy atom. The van der Waals surface area contributed by atoms with E-state index in [1.807, 2.05) is 18.2 Å². The minimum Gasteiger partial charge on any atom is -0.497 e. The van der Waals surface area contributed by atoms with Crippen LogP contribution < -0.4 is 14.4 Å². The second-order valence-electron chi connectivity index (χ2n) is 5.33. The fraction of sp³-hybridized carbons (Fsp3) is 0.571. The summed E-state index contributed by atoms with van der Waals surface area (Å²) in [7, 11) is -1.81. The van der Waals surface area contributed by atoms with Crippen molar-refractivity contribution in [1.82, 2.24) is 9.62 Å². The van der Waals surface area contributed by atoms with E-state index in [1.54, 1.807) is 15.7 Å². The summed E-state index contributed by atoms with van der Waals surface area (Å²) in [5, 5.41) is 3.18. The number of hydrogen-bond donors (Lipinski definition) is 1. The molecule has 1 N–H and O–H groups in total. The Bertz CT molecular complexity index is 612. The number of benzene rings is 1. The Morgan fingerprint density at radius 1 is 1.19 bits per heavy atom. The molecule has 0 bridgehead atoms. The van der Waals surface area contributed by atoms with Gasteiger partial charge in [0.05, 0.1) is 12.8 Å². The lowest BCUT2D eigenvalue weighted by Crippen LogP contribution is -2.52. The highest BCUT2D eigenvalue weighted by atomic mass is 32.2. The number of rotatable bonds is 3. The number of ether oxygens (including phenoxy) is 1. The van der Waals surface area contributed by atoms with E-state index in [9.17, 15) is 8.42 Å². The van der Waals surface area contributed by atoms with Crippen molar-refractivity contribution in [2.45, 2.75) is 12.8 Å². The number of hydrogen-bond acceptors (Lipinski definition) is 4. The summed E-state index contributed by atoms with van der Waals surface area (Å²) in [6.45, 7) is 3.03. The quantitative estimate of drug-likeness (QED) is 0.888. The summed E-state index contributed by atoms with van der Waals surface area (Å²) < 4.78 is 34.1. The average molecular weight is 311 g/mol. The zero-order valence-corrected chi connectivity index (χ0v) is 13.0. The van der Waals surface area contributed by atoms with Gasteiger partial charge in [-0.15, -0.1) is 0 Å². The maximum absolute atomic E-state index is 12.9. The predicted molar refractivity (Wildman–Crippen MR) is 82.0 cm³/mol. The maximum Gasteiger partial charge on any atom is 0.304 e. The van der Waals surface area contributed by atoms with E-state index in [1.165, 1.54) is 0 Å². The van der Waals surface area contributed by atoms with Crippen LogP contribution in [0.5, 0.6) is 5.75 Å². The van der Waals surface area contributed by atoms with Crippen molar-refractivity contribution in [3.8, 4) is 5.75 Å². The third-order valence-corrected chi connectivity index (χ3v) is 6.00. The minimum atomic E-state index is -3.43. The molecule has 0 aliphatic carbocycles. The van der Waals surface area contributed by atoms with Gasteiger partial charge < -0.3 is 10.1 Å². The molecule has 0 saturated carbocycles. The van der Waals surface area contributed by atoms with Gasteiger partial charge in [-0.25, -0.2) is 0 Å². The molecule has 1 aromatic carbocycles. The van der Waals surface area contributed by atoms with Crippen molar-refractivity contribution in [3.05, 3.63) is 23.8 Å². The van der Waals surface area contributed by atoms with Gasteiger partial charge in [0.1, 0.15) is 5.75 Å². The normalized spacial score (nSPS) is 20.1. The fourth-order valence-electron chi connectivity index (χ4n) is 2.92. The standard InChI is InChI=1S/C14H21N3O3S/c1-20-13-4-5-14-12(11-13)3-2-8-17(14)21(18,19)16-9-6-15-7-10-16/h4-5,11,15H,2-3,6-10H2,1H3. The van der Waals surface area contributed by atoms with Gasteiger partial charge in [-0.2, -0.15) is 12.7 Å². The van der Waals surface area contributed by atoms with Gasteiger partial charge in [0.2, 0.25) is 0 Å². The van der Waals surface area contributed by atoms with Crippen LogP contribution in [0.3, 0.4) is 0 Å². The topological polar surface area (TPSA) is 61.9 Å². The van der Waals surface area contributed by atoms with Gasteiger partial charge in [0.15, 0.2) is 0 Å². The van der Waals surface area contributed by atoms with Crippen LogP contribution in [-0.2, 0) is 16.6 Å². The second kappa shape index (κ2) is 5.82. The average Bonchev–Trinajstić information content (AvgIpc) is 2.54. The van der Waals surface area contributed by atoms with Crippen molar-refractivity contribution in [2.24, 2.45) is 0 Å². The highest BCUT2D eigenvalue weighted by molar-refractivity contribution is 7.90. The van der Waals surface area contributed by atoms with Crippen molar-refractivity contribution < 1.29 is 13.2 Å². The van der Waals surface area contributed by atoms with Crippen LogP contribution in [0, 0.1) is 0 Å². The highest BCUT2D eigenvalue weighted by Crippen LogP contribution is 2.33. The van der Waals surface area contributed by atoms with Gasteiger partial charge in [0, 0.05) is 32.7 Å². The summed E-state index contributed by atoms with van der Waals surface area (Å²) >= 11 is 0. The second-order valence-corrected chi connectivity index (χ2v) is 7.18. The van der Waals surface area contributed by atoms with Crippen LogP contribution in [0.4, 0.5) is 5.69 Å². The van der Waals surface area contributed by atoms with Crippen LogP contribution in [0.15, 0.2) is 18.2 Å². The van der Waals surface area contributed by atoms with E-state index >= 15 is 0 Å². The van der Waals surface area contributed by atoms with Crippen molar-refractivity contribution in [1.29, 1.82) is 0 Å². The molecule has 3 rings (SSSR count). The van der Waals surface area contributed by atoms with Crippen LogP contribution in [0.25, 0.3) is 0 Å². The lowest BCUT2D eigenvalue weighted by atomic mass is 10.0. The Balaban J connectivity index is 1.93. The Kier molecular flexibility index (Phi) is 4.05. The summed E-state index contributed by atoms with van der Waals surface area (Å²) in [5.41, 5.74) is 1.83. The predicted octanol–water partition coefficient (Wildman–Crippen LogP) is 0.598. The van der Waals surface area contributed by atoms with Gasteiger partial charge in [-0.3, -0.25) is 4.31 Å². The van der Waals surface area contributed by atoms with E-state index in [0.717, 1.165) is 29.8 Å². The molecular formula is C14H21N3O3S. The smallest absolute Gasteiger partial charge is 0.304 e. The van der Waals surface area contributed by atoms with Crippen LogP contribution in [0.2, 0.25) is 0 Å².